The zero-order chi connectivity index (χ0) is 11.5. The molecule has 1 N–H and O–H groups in total. The Hall–Kier alpha value is -1.31. The number of nitrogens with zero attached hydrogens (tertiary/aromatic N) is 1. The molecule has 2 heteroatoms. The Morgan fingerprint density at radius 2 is 2.25 bits per heavy atom. The highest BCUT2D eigenvalue weighted by Crippen LogP contribution is 2.27. The highest BCUT2D eigenvalue weighted by molar-refractivity contribution is 5.98. The van der Waals surface area contributed by atoms with Gasteiger partial charge in [0, 0.05) is 25.0 Å². The van der Waals surface area contributed by atoms with Gasteiger partial charge in [0.05, 0.1) is 0 Å². The summed E-state index contributed by atoms with van der Waals surface area (Å²) in [6, 6.07) is 6.48. The minimum atomic E-state index is 0.776. The summed E-state index contributed by atoms with van der Waals surface area (Å²) < 4.78 is 0. The molecule has 2 nitrogen and oxygen atoms in total. The molecule has 0 fully saturated rings. The van der Waals surface area contributed by atoms with Crippen molar-refractivity contribution in [1.29, 1.82) is 5.41 Å². The van der Waals surface area contributed by atoms with Crippen molar-refractivity contribution in [2.75, 3.05) is 18.5 Å². The number of nitrogens with one attached hydrogen (secondary N) is 1. The number of hydrogen-bond donors (Lipinski definition) is 1. The second-order valence-electron chi connectivity index (χ2n) is 4.60. The van der Waals surface area contributed by atoms with Crippen LogP contribution in [0.2, 0.25) is 0 Å². The smallest absolute Gasteiger partial charge is 0.0396 e. The van der Waals surface area contributed by atoms with Crippen molar-refractivity contribution in [1.82, 2.24) is 0 Å². The SMILES string of the molecule is CCCC(=N)c1ccc2c(c1)CCCN2C. The van der Waals surface area contributed by atoms with Gasteiger partial charge in [0.25, 0.3) is 0 Å². The number of benzene rings is 1. The summed E-state index contributed by atoms with van der Waals surface area (Å²) in [6.07, 6.45) is 4.32. The van der Waals surface area contributed by atoms with Crippen molar-refractivity contribution in [2.24, 2.45) is 0 Å². The Morgan fingerprint density at radius 3 is 3.00 bits per heavy atom. The summed E-state index contributed by atoms with van der Waals surface area (Å²) >= 11 is 0. The van der Waals surface area contributed by atoms with Gasteiger partial charge in [-0.3, -0.25) is 0 Å². The van der Waals surface area contributed by atoms with E-state index in [9.17, 15) is 0 Å². The predicted octanol–water partition coefficient (Wildman–Crippen LogP) is 3.24. The van der Waals surface area contributed by atoms with Crippen LogP contribution in [0.15, 0.2) is 18.2 Å². The Bertz CT molecular complexity index is 396. The first-order valence-electron chi connectivity index (χ1n) is 6.14. The second-order valence-corrected chi connectivity index (χ2v) is 4.60. The van der Waals surface area contributed by atoms with Crippen LogP contribution in [0.25, 0.3) is 0 Å². The summed E-state index contributed by atoms with van der Waals surface area (Å²) in [5.41, 5.74) is 4.64. The third kappa shape index (κ3) is 2.11. The van der Waals surface area contributed by atoms with Crippen LogP contribution in [-0.4, -0.2) is 19.3 Å². The van der Waals surface area contributed by atoms with Crippen LogP contribution in [-0.2, 0) is 6.42 Å². The minimum absolute atomic E-state index is 0.776. The zero-order valence-corrected chi connectivity index (χ0v) is 10.2. The third-order valence-corrected chi connectivity index (χ3v) is 3.28. The zero-order valence-electron chi connectivity index (χ0n) is 10.2. The first kappa shape index (κ1) is 11.2. The van der Waals surface area contributed by atoms with Gasteiger partial charge in [0.2, 0.25) is 0 Å². The summed E-state index contributed by atoms with van der Waals surface area (Å²) in [7, 11) is 2.15. The first-order chi connectivity index (χ1) is 7.72. The van der Waals surface area contributed by atoms with Gasteiger partial charge in [-0.25, -0.2) is 0 Å². The van der Waals surface area contributed by atoms with E-state index in [1.54, 1.807) is 0 Å². The molecule has 0 radical (unpaired) electrons. The number of hydrogen-bond acceptors (Lipinski definition) is 2. The summed E-state index contributed by atoms with van der Waals surface area (Å²) in [6.45, 7) is 3.28. The van der Waals surface area contributed by atoms with E-state index in [1.807, 2.05) is 0 Å². The van der Waals surface area contributed by atoms with Crippen molar-refractivity contribution in [3.8, 4) is 0 Å². The van der Waals surface area contributed by atoms with Gasteiger partial charge in [-0.2, -0.15) is 0 Å². The molecule has 1 heterocycles. The molecule has 0 spiro atoms. The Morgan fingerprint density at radius 1 is 1.44 bits per heavy atom. The lowest BCUT2D eigenvalue weighted by Crippen LogP contribution is -2.24. The molecule has 0 saturated heterocycles. The molecule has 1 aliphatic rings. The molecule has 0 atom stereocenters. The highest BCUT2D eigenvalue weighted by Gasteiger charge is 2.14. The maximum atomic E-state index is 7.98. The number of rotatable bonds is 3. The normalized spacial score (nSPS) is 14.8. The molecule has 0 amide bonds. The van der Waals surface area contributed by atoms with E-state index in [1.165, 1.54) is 17.7 Å². The van der Waals surface area contributed by atoms with Gasteiger partial charge in [-0.05, 0) is 42.5 Å². The largest absolute Gasteiger partial charge is 0.374 e. The Balaban J connectivity index is 2.28. The molecule has 0 saturated carbocycles. The van der Waals surface area contributed by atoms with E-state index < -0.39 is 0 Å². The van der Waals surface area contributed by atoms with Gasteiger partial charge in [0.1, 0.15) is 0 Å². The lowest BCUT2D eigenvalue weighted by molar-refractivity contribution is 0.744. The van der Waals surface area contributed by atoms with Crippen LogP contribution in [0.1, 0.15) is 37.3 Å². The molecule has 16 heavy (non-hydrogen) atoms. The van der Waals surface area contributed by atoms with Gasteiger partial charge < -0.3 is 10.3 Å². The minimum Gasteiger partial charge on any atom is -0.374 e. The number of fused-ring (bicyclic) bond motifs is 1. The molecule has 1 aromatic rings. The quantitative estimate of drug-likeness (QED) is 0.772. The fraction of sp³-hybridized carbons (Fsp3) is 0.500. The van der Waals surface area contributed by atoms with Crippen LogP contribution in [0.4, 0.5) is 5.69 Å². The summed E-state index contributed by atoms with van der Waals surface area (Å²) in [4.78, 5) is 2.31. The van der Waals surface area contributed by atoms with Crippen LogP contribution in [0.3, 0.4) is 0 Å². The fourth-order valence-corrected chi connectivity index (χ4v) is 2.37. The van der Waals surface area contributed by atoms with E-state index in [-0.39, 0.29) is 0 Å². The third-order valence-electron chi connectivity index (χ3n) is 3.28. The topological polar surface area (TPSA) is 27.1 Å². The van der Waals surface area contributed by atoms with E-state index in [0.717, 1.165) is 37.1 Å². The Kier molecular flexibility index (Phi) is 3.28. The Labute approximate surface area is 97.8 Å². The first-order valence-corrected chi connectivity index (χ1v) is 6.14. The maximum absolute atomic E-state index is 7.98. The lowest BCUT2D eigenvalue weighted by atomic mass is 9.97. The van der Waals surface area contributed by atoms with E-state index in [2.05, 4.69) is 37.1 Å². The van der Waals surface area contributed by atoms with Crippen LogP contribution < -0.4 is 4.90 Å². The predicted molar refractivity (Wildman–Crippen MR) is 69.8 cm³/mol. The molecule has 86 valence electrons. The number of anilines is 1. The van der Waals surface area contributed by atoms with Crippen LogP contribution in [0.5, 0.6) is 0 Å². The van der Waals surface area contributed by atoms with Crippen molar-refractivity contribution in [3.05, 3.63) is 29.3 Å². The monoisotopic (exact) mass is 216 g/mol. The maximum Gasteiger partial charge on any atom is 0.0396 e. The molecule has 0 aliphatic carbocycles. The average molecular weight is 216 g/mol. The molecular weight excluding hydrogens is 196 g/mol. The van der Waals surface area contributed by atoms with Crippen LogP contribution >= 0.6 is 0 Å². The molecule has 2 rings (SSSR count). The molecule has 0 bridgehead atoms. The fourth-order valence-electron chi connectivity index (χ4n) is 2.37. The summed E-state index contributed by atoms with van der Waals surface area (Å²) in [5, 5.41) is 7.98. The van der Waals surface area contributed by atoms with Gasteiger partial charge >= 0.3 is 0 Å². The van der Waals surface area contributed by atoms with E-state index in [4.69, 9.17) is 5.41 Å². The average Bonchev–Trinajstić information content (AvgIpc) is 2.29. The number of aryl methyl sites for hydroxylation is 1. The standard InChI is InChI=1S/C14H20N2/c1-3-5-13(15)11-7-8-14-12(10-11)6-4-9-16(14)2/h7-8,10,15H,3-6,9H2,1-2H3. The molecule has 1 aromatic carbocycles. The molecular formula is C14H20N2. The van der Waals surface area contributed by atoms with E-state index in [0.29, 0.717) is 0 Å². The van der Waals surface area contributed by atoms with Crippen molar-refractivity contribution in [2.45, 2.75) is 32.6 Å². The van der Waals surface area contributed by atoms with Gasteiger partial charge in [-0.15, -0.1) is 0 Å². The van der Waals surface area contributed by atoms with Gasteiger partial charge in [0.15, 0.2) is 0 Å². The van der Waals surface area contributed by atoms with Gasteiger partial charge in [-0.1, -0.05) is 19.4 Å². The van der Waals surface area contributed by atoms with Crippen molar-refractivity contribution >= 4 is 11.4 Å². The molecule has 1 aliphatic heterocycles. The molecule has 0 unspecified atom stereocenters. The van der Waals surface area contributed by atoms with E-state index >= 15 is 0 Å². The summed E-state index contributed by atoms with van der Waals surface area (Å²) in [5.74, 6) is 0. The van der Waals surface area contributed by atoms with Crippen molar-refractivity contribution < 1.29 is 0 Å². The van der Waals surface area contributed by atoms with Crippen molar-refractivity contribution in [3.63, 3.8) is 0 Å². The highest BCUT2D eigenvalue weighted by atomic mass is 15.1. The lowest BCUT2D eigenvalue weighted by Gasteiger charge is -2.27. The molecule has 0 aromatic heterocycles. The van der Waals surface area contributed by atoms with Crippen LogP contribution in [0, 0.1) is 5.41 Å². The second kappa shape index (κ2) is 4.69.